The van der Waals surface area contributed by atoms with Gasteiger partial charge in [-0.1, -0.05) is 54.6 Å². The van der Waals surface area contributed by atoms with Gasteiger partial charge in [-0.2, -0.15) is 0 Å². The molecule has 1 heterocycles. The lowest BCUT2D eigenvalue weighted by molar-refractivity contribution is -0.127. The van der Waals surface area contributed by atoms with Crippen LogP contribution < -0.4 is 5.32 Å². The van der Waals surface area contributed by atoms with Gasteiger partial charge < -0.3 is 10.1 Å². The molecule has 0 aromatic heterocycles. The van der Waals surface area contributed by atoms with Crippen molar-refractivity contribution in [3.05, 3.63) is 71.3 Å². The minimum atomic E-state index is -0.609. The number of carbonyl (C=O) groups is 2. The summed E-state index contributed by atoms with van der Waals surface area (Å²) in [6.07, 6.45) is 0.791. The molecule has 1 unspecified atom stereocenters. The maximum absolute atomic E-state index is 12.9. The minimum Gasteiger partial charge on any atom is -0.444 e. The molecule has 3 rings (SSSR count). The van der Waals surface area contributed by atoms with Gasteiger partial charge in [0.25, 0.3) is 0 Å². The summed E-state index contributed by atoms with van der Waals surface area (Å²) in [4.78, 5) is 27.2. The van der Waals surface area contributed by atoms with E-state index in [0.717, 1.165) is 17.5 Å². The van der Waals surface area contributed by atoms with Gasteiger partial charge in [-0.3, -0.25) is 9.69 Å². The molecule has 1 aliphatic heterocycles. The lowest BCUT2D eigenvalue weighted by Gasteiger charge is -2.36. The quantitative estimate of drug-likeness (QED) is 0.880. The number of benzene rings is 2. The molecule has 0 aliphatic carbocycles. The van der Waals surface area contributed by atoms with E-state index in [4.69, 9.17) is 4.74 Å². The van der Waals surface area contributed by atoms with Crippen molar-refractivity contribution in [2.45, 2.75) is 51.8 Å². The van der Waals surface area contributed by atoms with Gasteiger partial charge in [0.2, 0.25) is 5.91 Å². The zero-order valence-electron chi connectivity index (χ0n) is 16.8. The van der Waals surface area contributed by atoms with Gasteiger partial charge in [0.15, 0.2) is 0 Å². The Kier molecular flexibility index (Phi) is 6.02. The van der Waals surface area contributed by atoms with Crippen LogP contribution in [-0.2, 0) is 28.9 Å². The number of carbonyl (C=O) groups excluding carboxylic acids is 2. The Balaban J connectivity index is 1.71. The molecule has 148 valence electrons. The minimum absolute atomic E-state index is 0.142. The SMILES string of the molecule is CC(C)(C)OC(=O)N1Cc2ccccc2CC1C(=O)NCCc1ccccc1. The van der Waals surface area contributed by atoms with E-state index in [2.05, 4.69) is 5.32 Å². The normalized spacial score (nSPS) is 16.2. The Morgan fingerprint density at radius 3 is 2.36 bits per heavy atom. The maximum Gasteiger partial charge on any atom is 0.411 e. The first-order valence-electron chi connectivity index (χ1n) is 9.71. The van der Waals surface area contributed by atoms with Gasteiger partial charge in [0.1, 0.15) is 11.6 Å². The van der Waals surface area contributed by atoms with Crippen LogP contribution in [0.25, 0.3) is 0 Å². The third-order valence-corrected chi connectivity index (χ3v) is 4.73. The fraction of sp³-hybridized carbons (Fsp3) is 0.391. The summed E-state index contributed by atoms with van der Waals surface area (Å²) >= 11 is 0. The molecule has 1 atom stereocenters. The second kappa shape index (κ2) is 8.46. The molecule has 2 amide bonds. The average molecular weight is 380 g/mol. The highest BCUT2D eigenvalue weighted by Crippen LogP contribution is 2.25. The summed E-state index contributed by atoms with van der Waals surface area (Å²) in [6, 6.07) is 17.4. The van der Waals surface area contributed by atoms with Crippen LogP contribution in [0.1, 0.15) is 37.5 Å². The van der Waals surface area contributed by atoms with Crippen molar-refractivity contribution in [2.24, 2.45) is 0 Å². The van der Waals surface area contributed by atoms with Crippen LogP contribution in [-0.4, -0.2) is 35.1 Å². The van der Waals surface area contributed by atoms with Crippen LogP contribution >= 0.6 is 0 Å². The Hall–Kier alpha value is -2.82. The first-order chi connectivity index (χ1) is 13.3. The molecule has 0 bridgehead atoms. The third-order valence-electron chi connectivity index (χ3n) is 4.73. The summed E-state index contributed by atoms with van der Waals surface area (Å²) in [5.41, 5.74) is 2.72. The third kappa shape index (κ3) is 5.12. The van der Waals surface area contributed by atoms with Gasteiger partial charge in [-0.25, -0.2) is 4.79 Å². The maximum atomic E-state index is 12.9. The van der Waals surface area contributed by atoms with E-state index in [1.807, 2.05) is 75.4 Å². The number of ether oxygens (including phenoxy) is 1. The molecule has 0 spiro atoms. The molecule has 0 radical (unpaired) electrons. The van der Waals surface area contributed by atoms with Crippen LogP contribution in [0.3, 0.4) is 0 Å². The monoisotopic (exact) mass is 380 g/mol. The first-order valence-corrected chi connectivity index (χ1v) is 9.71. The standard InChI is InChI=1S/C23H28N2O3/c1-23(2,3)28-22(27)25-16-19-12-8-7-11-18(19)15-20(25)21(26)24-14-13-17-9-5-4-6-10-17/h4-12,20H,13-16H2,1-3H3,(H,24,26). The molecule has 2 aromatic carbocycles. The Bertz CT molecular complexity index is 827. The van der Waals surface area contributed by atoms with Crippen LogP contribution in [0.2, 0.25) is 0 Å². The first kappa shape index (κ1) is 19.9. The highest BCUT2D eigenvalue weighted by atomic mass is 16.6. The van der Waals surface area contributed by atoms with Crippen molar-refractivity contribution < 1.29 is 14.3 Å². The number of nitrogens with zero attached hydrogens (tertiary/aromatic N) is 1. The van der Waals surface area contributed by atoms with Crippen molar-refractivity contribution in [1.82, 2.24) is 10.2 Å². The molecule has 1 N–H and O–H groups in total. The van der Waals surface area contributed by atoms with E-state index < -0.39 is 17.7 Å². The van der Waals surface area contributed by atoms with Crippen molar-refractivity contribution in [1.29, 1.82) is 0 Å². The van der Waals surface area contributed by atoms with Gasteiger partial charge in [-0.15, -0.1) is 0 Å². The largest absolute Gasteiger partial charge is 0.444 e. The van der Waals surface area contributed by atoms with Gasteiger partial charge in [-0.05, 0) is 43.9 Å². The van der Waals surface area contributed by atoms with Crippen molar-refractivity contribution in [3.63, 3.8) is 0 Å². The molecule has 2 aromatic rings. The average Bonchev–Trinajstić information content (AvgIpc) is 2.66. The van der Waals surface area contributed by atoms with Crippen LogP contribution in [0.15, 0.2) is 54.6 Å². The molecule has 0 saturated heterocycles. The van der Waals surface area contributed by atoms with Gasteiger partial charge in [0, 0.05) is 13.0 Å². The molecule has 1 aliphatic rings. The van der Waals surface area contributed by atoms with E-state index in [-0.39, 0.29) is 5.91 Å². The zero-order valence-corrected chi connectivity index (χ0v) is 16.8. The highest BCUT2D eigenvalue weighted by Gasteiger charge is 2.36. The smallest absolute Gasteiger partial charge is 0.411 e. The Morgan fingerprint density at radius 1 is 1.04 bits per heavy atom. The van der Waals surface area contributed by atoms with Gasteiger partial charge in [0.05, 0.1) is 6.54 Å². The molecular formula is C23H28N2O3. The van der Waals surface area contributed by atoms with E-state index in [0.29, 0.717) is 19.5 Å². The molecule has 0 saturated carbocycles. The molecule has 5 nitrogen and oxygen atoms in total. The molecule has 5 heteroatoms. The Morgan fingerprint density at radius 2 is 1.68 bits per heavy atom. The number of rotatable bonds is 4. The van der Waals surface area contributed by atoms with Crippen molar-refractivity contribution in [3.8, 4) is 0 Å². The van der Waals surface area contributed by atoms with Crippen molar-refractivity contribution in [2.75, 3.05) is 6.54 Å². The fourth-order valence-corrected chi connectivity index (χ4v) is 3.36. The van der Waals surface area contributed by atoms with E-state index in [1.54, 1.807) is 4.90 Å². The number of hydrogen-bond donors (Lipinski definition) is 1. The zero-order chi connectivity index (χ0) is 20.1. The summed E-state index contributed by atoms with van der Waals surface area (Å²) < 4.78 is 5.55. The Labute approximate surface area is 166 Å². The summed E-state index contributed by atoms with van der Waals surface area (Å²) in [6.45, 7) is 6.40. The van der Waals surface area contributed by atoms with E-state index in [1.165, 1.54) is 5.56 Å². The second-order valence-electron chi connectivity index (χ2n) is 8.12. The second-order valence-corrected chi connectivity index (χ2v) is 8.12. The molecule has 28 heavy (non-hydrogen) atoms. The van der Waals surface area contributed by atoms with Crippen molar-refractivity contribution >= 4 is 12.0 Å². The number of nitrogens with one attached hydrogen (secondary N) is 1. The number of fused-ring (bicyclic) bond motifs is 1. The summed E-state index contributed by atoms with van der Waals surface area (Å²) in [7, 11) is 0. The topological polar surface area (TPSA) is 58.6 Å². The van der Waals surface area contributed by atoms with Crippen LogP contribution in [0.4, 0.5) is 4.79 Å². The predicted octanol–water partition coefficient (Wildman–Crippen LogP) is 3.71. The van der Waals surface area contributed by atoms with Gasteiger partial charge >= 0.3 is 6.09 Å². The van der Waals surface area contributed by atoms with Crippen LogP contribution in [0.5, 0.6) is 0 Å². The summed E-state index contributed by atoms with van der Waals surface area (Å²) in [5, 5.41) is 2.99. The predicted molar refractivity (Wildman–Crippen MR) is 109 cm³/mol. The highest BCUT2D eigenvalue weighted by molar-refractivity contribution is 5.86. The lowest BCUT2D eigenvalue weighted by atomic mass is 9.93. The van der Waals surface area contributed by atoms with E-state index in [9.17, 15) is 9.59 Å². The van der Waals surface area contributed by atoms with E-state index >= 15 is 0 Å². The fourth-order valence-electron chi connectivity index (χ4n) is 3.36. The molecular weight excluding hydrogens is 352 g/mol. The number of hydrogen-bond acceptors (Lipinski definition) is 3. The molecule has 0 fully saturated rings. The van der Waals surface area contributed by atoms with Crippen LogP contribution in [0, 0.1) is 0 Å². The summed E-state index contributed by atoms with van der Waals surface area (Å²) in [5.74, 6) is -0.142. The lowest BCUT2D eigenvalue weighted by Crippen LogP contribution is -2.53. The number of amides is 2.